The van der Waals surface area contributed by atoms with Crippen molar-refractivity contribution in [2.75, 3.05) is 0 Å². The number of amides is 2. The van der Waals surface area contributed by atoms with Crippen molar-refractivity contribution in [3.8, 4) is 0 Å². The molecule has 19 heavy (non-hydrogen) atoms. The SMILES string of the molecule is CC(CC(N)=O)NC(=O)c1nc(C(C)C)ncc1Cl. The fraction of sp³-hybridized carbons (Fsp3) is 0.500. The Morgan fingerprint density at radius 2 is 2.05 bits per heavy atom. The van der Waals surface area contributed by atoms with Crippen LogP contribution in [-0.2, 0) is 4.79 Å². The summed E-state index contributed by atoms with van der Waals surface area (Å²) in [6, 6.07) is -0.376. The molecule has 1 aromatic rings. The van der Waals surface area contributed by atoms with Crippen LogP contribution in [-0.4, -0.2) is 27.8 Å². The average Bonchev–Trinajstić information content (AvgIpc) is 2.27. The van der Waals surface area contributed by atoms with Gasteiger partial charge in [-0.15, -0.1) is 0 Å². The Morgan fingerprint density at radius 1 is 1.42 bits per heavy atom. The third-order valence-corrected chi connectivity index (χ3v) is 2.66. The lowest BCUT2D eigenvalue weighted by Crippen LogP contribution is -2.36. The van der Waals surface area contributed by atoms with E-state index in [9.17, 15) is 9.59 Å². The van der Waals surface area contributed by atoms with Crippen LogP contribution >= 0.6 is 11.6 Å². The predicted octanol–water partition coefficient (Wildman–Crippen LogP) is 1.25. The molecule has 1 atom stereocenters. The molecular weight excluding hydrogens is 268 g/mol. The van der Waals surface area contributed by atoms with Crippen molar-refractivity contribution >= 4 is 23.4 Å². The van der Waals surface area contributed by atoms with Crippen molar-refractivity contribution in [3.05, 3.63) is 22.7 Å². The molecule has 0 aliphatic rings. The lowest BCUT2D eigenvalue weighted by molar-refractivity contribution is -0.118. The van der Waals surface area contributed by atoms with E-state index in [1.807, 2.05) is 13.8 Å². The molecule has 0 aliphatic heterocycles. The maximum absolute atomic E-state index is 12.0. The molecule has 0 aliphatic carbocycles. The molecule has 3 N–H and O–H groups in total. The fourth-order valence-corrected chi connectivity index (χ4v) is 1.64. The maximum atomic E-state index is 12.0. The minimum absolute atomic E-state index is 0.0610. The Labute approximate surface area is 116 Å². The summed E-state index contributed by atoms with van der Waals surface area (Å²) in [5, 5.41) is 2.79. The van der Waals surface area contributed by atoms with Crippen molar-refractivity contribution in [3.63, 3.8) is 0 Å². The van der Waals surface area contributed by atoms with Crippen molar-refractivity contribution in [1.82, 2.24) is 15.3 Å². The third-order valence-electron chi connectivity index (χ3n) is 2.38. The summed E-state index contributed by atoms with van der Waals surface area (Å²) in [6.45, 7) is 5.52. The first-order valence-electron chi connectivity index (χ1n) is 5.92. The molecule has 0 radical (unpaired) electrons. The molecule has 0 fully saturated rings. The summed E-state index contributed by atoms with van der Waals surface area (Å²) >= 11 is 5.91. The van der Waals surface area contributed by atoms with Gasteiger partial charge in [-0.3, -0.25) is 9.59 Å². The van der Waals surface area contributed by atoms with Crippen LogP contribution in [0.2, 0.25) is 5.02 Å². The number of carbonyl (C=O) groups excluding carboxylic acids is 2. The van der Waals surface area contributed by atoms with Crippen LogP contribution in [0.3, 0.4) is 0 Å². The van der Waals surface area contributed by atoms with Gasteiger partial charge in [0.1, 0.15) is 11.5 Å². The number of carbonyl (C=O) groups is 2. The Bertz CT molecular complexity index is 491. The predicted molar refractivity (Wildman–Crippen MR) is 71.9 cm³/mol. The molecule has 1 rings (SSSR count). The van der Waals surface area contributed by atoms with E-state index in [2.05, 4.69) is 15.3 Å². The van der Waals surface area contributed by atoms with Crippen molar-refractivity contribution in [2.24, 2.45) is 5.73 Å². The number of nitrogens with two attached hydrogens (primary N) is 1. The van der Waals surface area contributed by atoms with Crippen LogP contribution in [0.1, 0.15) is 49.4 Å². The van der Waals surface area contributed by atoms with Crippen LogP contribution in [0.5, 0.6) is 0 Å². The van der Waals surface area contributed by atoms with Gasteiger partial charge in [-0.2, -0.15) is 0 Å². The highest BCUT2D eigenvalue weighted by molar-refractivity contribution is 6.33. The summed E-state index contributed by atoms with van der Waals surface area (Å²) < 4.78 is 0. The molecule has 104 valence electrons. The first-order chi connectivity index (χ1) is 8.81. The average molecular weight is 285 g/mol. The zero-order valence-corrected chi connectivity index (χ0v) is 11.9. The molecule has 0 saturated heterocycles. The van der Waals surface area contributed by atoms with Crippen molar-refractivity contribution in [1.29, 1.82) is 0 Å². The van der Waals surface area contributed by atoms with Gasteiger partial charge in [0.15, 0.2) is 0 Å². The Kier molecular flexibility index (Phi) is 5.23. The van der Waals surface area contributed by atoms with E-state index in [0.717, 1.165) is 0 Å². The third kappa shape index (κ3) is 4.48. The van der Waals surface area contributed by atoms with Crippen LogP contribution in [0, 0.1) is 0 Å². The quantitative estimate of drug-likeness (QED) is 0.850. The highest BCUT2D eigenvalue weighted by Crippen LogP contribution is 2.16. The Balaban J connectivity index is 2.87. The molecule has 0 spiro atoms. The number of hydrogen-bond donors (Lipinski definition) is 2. The highest BCUT2D eigenvalue weighted by atomic mass is 35.5. The van der Waals surface area contributed by atoms with E-state index in [1.165, 1.54) is 6.20 Å². The summed E-state index contributed by atoms with van der Waals surface area (Å²) in [4.78, 5) is 30.9. The van der Waals surface area contributed by atoms with E-state index in [1.54, 1.807) is 6.92 Å². The van der Waals surface area contributed by atoms with E-state index >= 15 is 0 Å². The summed E-state index contributed by atoms with van der Waals surface area (Å²) in [6.07, 6.45) is 1.46. The molecule has 0 saturated carbocycles. The largest absolute Gasteiger partial charge is 0.370 e. The van der Waals surface area contributed by atoms with E-state index in [-0.39, 0.29) is 29.1 Å². The minimum atomic E-state index is -0.482. The van der Waals surface area contributed by atoms with Gasteiger partial charge in [0, 0.05) is 18.4 Å². The zero-order valence-electron chi connectivity index (χ0n) is 11.1. The second-order valence-electron chi connectivity index (χ2n) is 4.62. The van der Waals surface area contributed by atoms with E-state index < -0.39 is 11.8 Å². The lowest BCUT2D eigenvalue weighted by Gasteiger charge is -2.13. The molecule has 6 nitrogen and oxygen atoms in total. The van der Waals surface area contributed by atoms with Crippen LogP contribution in [0.4, 0.5) is 0 Å². The summed E-state index contributed by atoms with van der Waals surface area (Å²) in [5.74, 6) is -0.295. The second-order valence-corrected chi connectivity index (χ2v) is 5.03. The van der Waals surface area contributed by atoms with Crippen LogP contribution < -0.4 is 11.1 Å². The standard InChI is InChI=1S/C12H17ClN4O2/c1-6(2)11-15-5-8(13)10(17-11)12(19)16-7(3)4-9(14)18/h5-7H,4H2,1-3H3,(H2,14,18)(H,16,19). The normalized spacial score (nSPS) is 12.3. The lowest BCUT2D eigenvalue weighted by atomic mass is 10.2. The van der Waals surface area contributed by atoms with Gasteiger partial charge in [-0.25, -0.2) is 9.97 Å². The van der Waals surface area contributed by atoms with Gasteiger partial charge in [0.2, 0.25) is 5.91 Å². The number of primary amides is 1. The molecule has 1 aromatic heterocycles. The fourth-order valence-electron chi connectivity index (χ4n) is 1.46. The van der Waals surface area contributed by atoms with Crippen molar-refractivity contribution in [2.45, 2.75) is 39.2 Å². The van der Waals surface area contributed by atoms with Gasteiger partial charge in [0.25, 0.3) is 5.91 Å². The number of hydrogen-bond acceptors (Lipinski definition) is 4. The maximum Gasteiger partial charge on any atom is 0.271 e. The summed E-state index contributed by atoms with van der Waals surface area (Å²) in [5.41, 5.74) is 5.17. The molecule has 2 amide bonds. The molecule has 0 aromatic carbocycles. The first-order valence-corrected chi connectivity index (χ1v) is 6.30. The Morgan fingerprint density at radius 3 is 2.58 bits per heavy atom. The zero-order chi connectivity index (χ0) is 14.6. The van der Waals surface area contributed by atoms with Gasteiger partial charge in [-0.05, 0) is 6.92 Å². The molecule has 7 heteroatoms. The molecule has 1 heterocycles. The van der Waals surface area contributed by atoms with Gasteiger partial charge in [0.05, 0.1) is 11.2 Å². The van der Waals surface area contributed by atoms with Gasteiger partial charge in [-0.1, -0.05) is 25.4 Å². The smallest absolute Gasteiger partial charge is 0.271 e. The Hall–Kier alpha value is -1.69. The first kappa shape index (κ1) is 15.4. The number of aromatic nitrogens is 2. The number of nitrogens with zero attached hydrogens (tertiary/aromatic N) is 2. The number of nitrogens with one attached hydrogen (secondary N) is 1. The van der Waals surface area contributed by atoms with Gasteiger partial charge >= 0.3 is 0 Å². The second kappa shape index (κ2) is 6.47. The topological polar surface area (TPSA) is 98.0 Å². The van der Waals surface area contributed by atoms with Gasteiger partial charge < -0.3 is 11.1 Å². The molecule has 0 bridgehead atoms. The number of rotatable bonds is 5. The van der Waals surface area contributed by atoms with E-state index in [4.69, 9.17) is 17.3 Å². The molecular formula is C12H17ClN4O2. The minimum Gasteiger partial charge on any atom is -0.370 e. The number of halogens is 1. The summed E-state index contributed by atoms with van der Waals surface area (Å²) in [7, 11) is 0. The van der Waals surface area contributed by atoms with Crippen LogP contribution in [0.25, 0.3) is 0 Å². The monoisotopic (exact) mass is 284 g/mol. The highest BCUT2D eigenvalue weighted by Gasteiger charge is 2.18. The van der Waals surface area contributed by atoms with Crippen molar-refractivity contribution < 1.29 is 9.59 Å². The van der Waals surface area contributed by atoms with Crippen LogP contribution in [0.15, 0.2) is 6.20 Å². The van der Waals surface area contributed by atoms with E-state index in [0.29, 0.717) is 5.82 Å². The molecule has 1 unspecified atom stereocenters.